The van der Waals surface area contributed by atoms with Gasteiger partial charge >= 0.3 is 0 Å². The Hall–Kier alpha value is -2.47. The van der Waals surface area contributed by atoms with Gasteiger partial charge in [0.1, 0.15) is 17.2 Å². The van der Waals surface area contributed by atoms with Crippen molar-refractivity contribution in [3.63, 3.8) is 0 Å². The second kappa shape index (κ2) is 10.9. The molecule has 0 aromatic heterocycles. The molecule has 1 aliphatic rings. The van der Waals surface area contributed by atoms with Crippen molar-refractivity contribution in [2.24, 2.45) is 0 Å². The third-order valence-electron chi connectivity index (χ3n) is 5.43. The number of amides is 1. The highest BCUT2D eigenvalue weighted by Gasteiger charge is 2.26. The summed E-state index contributed by atoms with van der Waals surface area (Å²) in [7, 11) is 0.894. The topological polar surface area (TPSA) is 90.9 Å². The van der Waals surface area contributed by atoms with E-state index >= 15 is 0 Å². The standard InChI is InChI=1S/C25H21Br2NO6S2/c1-32-14-9-21(33-2)16(22(10-14)34-3)12-24-25(29)28-20-8-7-15(11-23(20)35-24)36(30,31)13-17-18(26)5-4-6-19(17)27/h4-12H,13H2,1-3H3,(H,28,29)/b24-12+. The van der Waals surface area contributed by atoms with E-state index in [1.165, 1.54) is 39.2 Å². The zero-order valence-electron chi connectivity index (χ0n) is 19.4. The lowest BCUT2D eigenvalue weighted by molar-refractivity contribution is -0.112. The van der Waals surface area contributed by atoms with Gasteiger partial charge in [-0.3, -0.25) is 4.79 Å². The minimum Gasteiger partial charge on any atom is -0.496 e. The molecule has 1 heterocycles. The van der Waals surface area contributed by atoms with Crippen LogP contribution in [0, 0.1) is 0 Å². The maximum Gasteiger partial charge on any atom is 0.262 e. The lowest BCUT2D eigenvalue weighted by atomic mass is 10.1. The van der Waals surface area contributed by atoms with Crippen LogP contribution in [0.1, 0.15) is 11.1 Å². The van der Waals surface area contributed by atoms with Crippen LogP contribution in [-0.2, 0) is 20.4 Å². The van der Waals surface area contributed by atoms with Gasteiger partial charge in [-0.15, -0.1) is 0 Å². The van der Waals surface area contributed by atoms with E-state index in [1.807, 2.05) is 6.07 Å². The molecule has 1 aliphatic heterocycles. The average Bonchev–Trinajstić information content (AvgIpc) is 2.86. The van der Waals surface area contributed by atoms with E-state index in [0.29, 0.717) is 52.8 Å². The summed E-state index contributed by atoms with van der Waals surface area (Å²) in [6.07, 6.45) is 1.65. The number of thioether (sulfide) groups is 1. The van der Waals surface area contributed by atoms with Crippen molar-refractivity contribution in [2.45, 2.75) is 15.5 Å². The fourth-order valence-electron chi connectivity index (χ4n) is 3.58. The summed E-state index contributed by atoms with van der Waals surface area (Å²) in [5.74, 6) is 0.971. The predicted octanol–water partition coefficient (Wildman–Crippen LogP) is 6.30. The molecule has 0 fully saturated rings. The van der Waals surface area contributed by atoms with E-state index in [1.54, 1.807) is 42.5 Å². The van der Waals surface area contributed by atoms with Crippen LogP contribution in [0.3, 0.4) is 0 Å². The molecule has 36 heavy (non-hydrogen) atoms. The molecule has 3 aromatic rings. The highest BCUT2D eigenvalue weighted by Crippen LogP contribution is 2.43. The number of hydrogen-bond donors (Lipinski definition) is 1. The molecule has 1 N–H and O–H groups in total. The molecule has 7 nitrogen and oxygen atoms in total. The first-order valence-electron chi connectivity index (χ1n) is 10.5. The van der Waals surface area contributed by atoms with Gasteiger partial charge in [0.2, 0.25) is 0 Å². The number of carbonyl (C=O) groups is 1. The number of hydrogen-bond acceptors (Lipinski definition) is 7. The maximum absolute atomic E-state index is 13.3. The van der Waals surface area contributed by atoms with Gasteiger partial charge in [0, 0.05) is 26.0 Å². The summed E-state index contributed by atoms with van der Waals surface area (Å²) in [4.78, 5) is 14.0. The second-order valence-corrected chi connectivity index (χ2v) is 12.4. The van der Waals surface area contributed by atoms with Crippen molar-refractivity contribution in [3.05, 3.63) is 73.5 Å². The summed E-state index contributed by atoms with van der Waals surface area (Å²) >= 11 is 8.03. The molecule has 0 bridgehead atoms. The quantitative estimate of drug-likeness (QED) is 0.299. The predicted molar refractivity (Wildman–Crippen MR) is 148 cm³/mol. The van der Waals surface area contributed by atoms with Gasteiger partial charge < -0.3 is 19.5 Å². The number of carbonyl (C=O) groups excluding carboxylic acids is 1. The number of fused-ring (bicyclic) bond motifs is 1. The monoisotopic (exact) mass is 653 g/mol. The lowest BCUT2D eigenvalue weighted by Crippen LogP contribution is -2.18. The summed E-state index contributed by atoms with van der Waals surface area (Å²) in [6, 6.07) is 13.5. The number of ether oxygens (including phenoxy) is 3. The van der Waals surface area contributed by atoms with Gasteiger partial charge in [-0.05, 0) is 42.0 Å². The molecule has 188 valence electrons. The van der Waals surface area contributed by atoms with Gasteiger partial charge in [-0.2, -0.15) is 0 Å². The van der Waals surface area contributed by atoms with Gasteiger partial charge in [0.15, 0.2) is 9.84 Å². The molecule has 0 radical (unpaired) electrons. The Morgan fingerprint density at radius 1 is 0.944 bits per heavy atom. The minimum absolute atomic E-state index is 0.159. The summed E-state index contributed by atoms with van der Waals surface area (Å²) in [6.45, 7) is 0. The van der Waals surface area contributed by atoms with Gasteiger partial charge in [0.25, 0.3) is 5.91 Å². The number of benzene rings is 3. The van der Waals surface area contributed by atoms with Crippen molar-refractivity contribution < 1.29 is 27.4 Å². The summed E-state index contributed by atoms with van der Waals surface area (Å²) in [5.41, 5.74) is 1.73. The van der Waals surface area contributed by atoms with Crippen LogP contribution < -0.4 is 19.5 Å². The molecule has 0 spiro atoms. The average molecular weight is 655 g/mol. The van der Waals surface area contributed by atoms with Crippen LogP contribution in [0.4, 0.5) is 5.69 Å². The van der Waals surface area contributed by atoms with Crippen LogP contribution >= 0.6 is 43.6 Å². The van der Waals surface area contributed by atoms with Gasteiger partial charge in [-0.25, -0.2) is 8.42 Å². The molecule has 0 saturated carbocycles. The smallest absolute Gasteiger partial charge is 0.262 e. The molecule has 0 aliphatic carbocycles. The van der Waals surface area contributed by atoms with E-state index in [0.717, 1.165) is 0 Å². The number of rotatable bonds is 7. The van der Waals surface area contributed by atoms with Crippen molar-refractivity contribution in [3.8, 4) is 17.2 Å². The van der Waals surface area contributed by atoms with E-state index in [4.69, 9.17) is 14.2 Å². The molecular formula is C25H21Br2NO6S2. The first-order chi connectivity index (χ1) is 17.2. The highest BCUT2D eigenvalue weighted by molar-refractivity contribution is 9.11. The molecule has 0 unspecified atom stereocenters. The number of sulfone groups is 1. The minimum atomic E-state index is -3.67. The number of halogens is 2. The zero-order valence-corrected chi connectivity index (χ0v) is 24.2. The first-order valence-corrected chi connectivity index (χ1v) is 14.5. The summed E-state index contributed by atoms with van der Waals surface area (Å²) in [5, 5.41) is 2.83. The fraction of sp³-hybridized carbons (Fsp3) is 0.160. The Balaban J connectivity index is 1.71. The fourth-order valence-corrected chi connectivity index (χ4v) is 7.70. The Morgan fingerprint density at radius 3 is 2.17 bits per heavy atom. The maximum atomic E-state index is 13.3. The SMILES string of the molecule is COc1cc(OC)c(/C=C2/Sc3cc(S(=O)(=O)Cc4c(Br)cccc4Br)ccc3NC2=O)c(OC)c1. The lowest BCUT2D eigenvalue weighted by Gasteiger charge is -2.20. The van der Waals surface area contributed by atoms with Crippen LogP contribution in [-0.4, -0.2) is 35.7 Å². The molecule has 3 aromatic carbocycles. The van der Waals surface area contributed by atoms with Crippen molar-refractivity contribution in [1.29, 1.82) is 0 Å². The number of anilines is 1. The Bertz CT molecular complexity index is 1440. The van der Waals surface area contributed by atoms with E-state index in [2.05, 4.69) is 37.2 Å². The largest absolute Gasteiger partial charge is 0.496 e. The van der Waals surface area contributed by atoms with Crippen LogP contribution in [0.5, 0.6) is 17.2 Å². The van der Waals surface area contributed by atoms with Crippen LogP contribution in [0.2, 0.25) is 0 Å². The molecular weight excluding hydrogens is 634 g/mol. The highest BCUT2D eigenvalue weighted by atomic mass is 79.9. The van der Waals surface area contributed by atoms with Crippen LogP contribution in [0.25, 0.3) is 6.08 Å². The normalized spacial score (nSPS) is 14.2. The van der Waals surface area contributed by atoms with Crippen molar-refractivity contribution in [2.75, 3.05) is 26.6 Å². The Labute approximate surface area is 230 Å². The van der Waals surface area contributed by atoms with Gasteiger partial charge in [0.05, 0.1) is 48.1 Å². The molecule has 4 rings (SSSR count). The third kappa shape index (κ3) is 5.44. The van der Waals surface area contributed by atoms with Gasteiger partial charge in [-0.1, -0.05) is 49.7 Å². The van der Waals surface area contributed by atoms with Crippen molar-refractivity contribution >= 4 is 71.1 Å². The van der Waals surface area contributed by atoms with E-state index in [-0.39, 0.29) is 16.6 Å². The third-order valence-corrected chi connectivity index (χ3v) is 9.64. The molecule has 0 atom stereocenters. The second-order valence-electron chi connectivity index (χ2n) is 7.63. The Kier molecular flexibility index (Phi) is 8.03. The molecule has 1 amide bonds. The van der Waals surface area contributed by atoms with E-state index < -0.39 is 9.84 Å². The van der Waals surface area contributed by atoms with Crippen molar-refractivity contribution in [1.82, 2.24) is 0 Å². The van der Waals surface area contributed by atoms with Crippen LogP contribution in [0.15, 0.2) is 72.2 Å². The number of methoxy groups -OCH3 is 3. The zero-order chi connectivity index (χ0) is 26.0. The summed E-state index contributed by atoms with van der Waals surface area (Å²) < 4.78 is 44.2. The van der Waals surface area contributed by atoms with E-state index in [9.17, 15) is 13.2 Å². The number of nitrogens with one attached hydrogen (secondary N) is 1. The molecule has 11 heteroatoms. The molecule has 0 saturated heterocycles. The Morgan fingerprint density at radius 2 is 1.58 bits per heavy atom. The first kappa shape index (κ1) is 26.6.